The molecule has 2 aromatic carbocycles. The van der Waals surface area contributed by atoms with Gasteiger partial charge in [0.15, 0.2) is 0 Å². The second-order valence-corrected chi connectivity index (χ2v) is 5.97. The number of nitrogens with zero attached hydrogens (tertiary/aromatic N) is 3. The molecule has 1 aromatic heterocycles. The number of ether oxygens (including phenoxy) is 1. The Kier molecular flexibility index (Phi) is 5.02. The van der Waals surface area contributed by atoms with Gasteiger partial charge in [-0.1, -0.05) is 30.7 Å². The van der Waals surface area contributed by atoms with Crippen molar-refractivity contribution in [1.82, 2.24) is 20.2 Å². The largest absolute Gasteiger partial charge is 0.488 e. The molecule has 1 heterocycles. The van der Waals surface area contributed by atoms with Crippen LogP contribution in [0.2, 0.25) is 0 Å². The summed E-state index contributed by atoms with van der Waals surface area (Å²) in [5.41, 5.74) is 0.924. The first-order valence-corrected chi connectivity index (χ1v) is 8.23. The molecule has 0 unspecified atom stereocenters. The fraction of sp³-hybridized carbons (Fsp3) is 0.278. The number of alkyl halides is 3. The maximum Gasteiger partial charge on any atom is 0.419 e. The van der Waals surface area contributed by atoms with Crippen molar-refractivity contribution in [3.63, 3.8) is 0 Å². The highest BCUT2D eigenvalue weighted by atomic mass is 19.4. The number of halogens is 3. The highest BCUT2D eigenvalue weighted by Crippen LogP contribution is 2.37. The number of hydrogen-bond donors (Lipinski definition) is 1. The van der Waals surface area contributed by atoms with E-state index in [1.165, 1.54) is 6.07 Å². The van der Waals surface area contributed by atoms with E-state index in [4.69, 9.17) is 4.74 Å². The maximum atomic E-state index is 13.3. The number of tetrazole rings is 1. The van der Waals surface area contributed by atoms with E-state index in [0.29, 0.717) is 23.2 Å². The van der Waals surface area contributed by atoms with Gasteiger partial charge in [-0.05, 0) is 47.5 Å². The Hall–Kier alpha value is -3.10. The van der Waals surface area contributed by atoms with Crippen molar-refractivity contribution in [1.29, 1.82) is 0 Å². The van der Waals surface area contributed by atoms with Crippen molar-refractivity contribution in [2.75, 3.05) is 0 Å². The van der Waals surface area contributed by atoms with Gasteiger partial charge in [0.1, 0.15) is 12.4 Å². The Morgan fingerprint density at radius 2 is 2.00 bits per heavy atom. The summed E-state index contributed by atoms with van der Waals surface area (Å²) in [6.45, 7) is 3.34. The summed E-state index contributed by atoms with van der Waals surface area (Å²) in [6.07, 6.45) is -3.92. The van der Waals surface area contributed by atoms with Crippen LogP contribution in [0, 0.1) is 6.92 Å². The zero-order valence-electron chi connectivity index (χ0n) is 14.7. The average molecular weight is 378 g/mol. The van der Waals surface area contributed by atoms with Crippen LogP contribution in [0.3, 0.4) is 0 Å². The molecule has 3 rings (SSSR count). The molecule has 3 aromatic rings. The number of aromatic amines is 1. The van der Waals surface area contributed by atoms with Crippen molar-refractivity contribution in [3.8, 4) is 11.4 Å². The molecule has 0 aliphatic heterocycles. The van der Waals surface area contributed by atoms with Gasteiger partial charge in [0.25, 0.3) is 0 Å². The minimum Gasteiger partial charge on any atom is -0.488 e. The standard InChI is InChI=1S/C18H17F3N4O2/c1-3-12-5-4-6-15(25-17(26)22-23-24-25)13(12)10-27-16-8-7-11(2)9-14(16)18(19,20)21/h4-9H,3,10H2,1-2H3,(H,22,24,26). The van der Waals surface area contributed by atoms with E-state index in [9.17, 15) is 18.0 Å². The van der Waals surface area contributed by atoms with E-state index in [-0.39, 0.29) is 12.4 Å². The number of aromatic nitrogens is 4. The summed E-state index contributed by atoms with van der Waals surface area (Å²) in [6, 6.07) is 9.11. The van der Waals surface area contributed by atoms with Crippen LogP contribution in [0.25, 0.3) is 5.69 Å². The second kappa shape index (κ2) is 7.26. The monoisotopic (exact) mass is 378 g/mol. The fourth-order valence-corrected chi connectivity index (χ4v) is 2.81. The highest BCUT2D eigenvalue weighted by molar-refractivity contribution is 5.46. The van der Waals surface area contributed by atoms with Gasteiger partial charge >= 0.3 is 11.9 Å². The van der Waals surface area contributed by atoms with Crippen LogP contribution in [-0.4, -0.2) is 20.2 Å². The van der Waals surface area contributed by atoms with E-state index < -0.39 is 17.4 Å². The third-order valence-corrected chi connectivity index (χ3v) is 4.14. The maximum absolute atomic E-state index is 13.3. The van der Waals surface area contributed by atoms with Crippen LogP contribution in [-0.2, 0) is 19.2 Å². The van der Waals surface area contributed by atoms with E-state index in [1.54, 1.807) is 25.1 Å². The highest BCUT2D eigenvalue weighted by Gasteiger charge is 2.34. The second-order valence-electron chi connectivity index (χ2n) is 5.97. The Bertz CT molecular complexity index is 1010. The molecule has 1 N–H and O–H groups in total. The van der Waals surface area contributed by atoms with Gasteiger partial charge < -0.3 is 4.74 Å². The van der Waals surface area contributed by atoms with Crippen LogP contribution in [0.5, 0.6) is 5.75 Å². The normalized spacial score (nSPS) is 11.6. The summed E-state index contributed by atoms with van der Waals surface area (Å²) < 4.78 is 46.5. The van der Waals surface area contributed by atoms with Crippen LogP contribution >= 0.6 is 0 Å². The number of nitrogens with one attached hydrogen (secondary N) is 1. The lowest BCUT2D eigenvalue weighted by molar-refractivity contribution is -0.139. The lowest BCUT2D eigenvalue weighted by Gasteiger charge is -2.17. The van der Waals surface area contributed by atoms with Gasteiger partial charge in [-0.3, -0.25) is 0 Å². The Balaban J connectivity index is 2.01. The van der Waals surface area contributed by atoms with Gasteiger partial charge in [0.2, 0.25) is 0 Å². The summed E-state index contributed by atoms with van der Waals surface area (Å²) in [5.74, 6) is -0.266. The van der Waals surface area contributed by atoms with Crippen LogP contribution in [0.1, 0.15) is 29.2 Å². The molecule has 0 radical (unpaired) electrons. The van der Waals surface area contributed by atoms with Crippen LogP contribution in [0.15, 0.2) is 41.2 Å². The smallest absolute Gasteiger partial charge is 0.419 e. The van der Waals surface area contributed by atoms with Crippen molar-refractivity contribution in [3.05, 3.63) is 69.1 Å². The summed E-state index contributed by atoms with van der Waals surface area (Å²) >= 11 is 0. The molecule has 0 fully saturated rings. The average Bonchev–Trinajstić information content (AvgIpc) is 3.05. The number of aryl methyl sites for hydroxylation is 2. The van der Waals surface area contributed by atoms with E-state index in [2.05, 4.69) is 15.5 Å². The van der Waals surface area contributed by atoms with E-state index in [1.807, 2.05) is 13.0 Å². The summed E-state index contributed by atoms with van der Waals surface area (Å²) in [7, 11) is 0. The third kappa shape index (κ3) is 3.86. The molecule has 0 amide bonds. The number of hydrogen-bond acceptors (Lipinski definition) is 4. The third-order valence-electron chi connectivity index (χ3n) is 4.14. The molecule has 0 bridgehead atoms. The minimum absolute atomic E-state index is 0.148. The van der Waals surface area contributed by atoms with Gasteiger partial charge in [-0.2, -0.15) is 17.9 Å². The van der Waals surface area contributed by atoms with Gasteiger partial charge in [0, 0.05) is 5.56 Å². The van der Waals surface area contributed by atoms with Crippen molar-refractivity contribution >= 4 is 0 Å². The lowest BCUT2D eigenvalue weighted by atomic mass is 10.0. The molecular weight excluding hydrogens is 361 g/mol. The summed E-state index contributed by atoms with van der Waals surface area (Å²) in [4.78, 5) is 11.9. The van der Waals surface area contributed by atoms with Crippen LogP contribution < -0.4 is 10.4 Å². The molecule has 0 saturated carbocycles. The van der Waals surface area contributed by atoms with Crippen LogP contribution in [0.4, 0.5) is 13.2 Å². The molecule has 142 valence electrons. The molecule has 27 heavy (non-hydrogen) atoms. The summed E-state index contributed by atoms with van der Waals surface area (Å²) in [5, 5.41) is 9.36. The van der Waals surface area contributed by atoms with Crippen molar-refractivity contribution in [2.45, 2.75) is 33.1 Å². The Labute approximate surface area is 152 Å². The molecule has 6 nitrogen and oxygen atoms in total. The van der Waals surface area contributed by atoms with Crippen molar-refractivity contribution < 1.29 is 17.9 Å². The molecular formula is C18H17F3N4O2. The minimum atomic E-state index is -4.53. The molecule has 9 heteroatoms. The number of rotatable bonds is 5. The van der Waals surface area contributed by atoms with Crippen molar-refractivity contribution in [2.24, 2.45) is 0 Å². The predicted octanol–water partition coefficient (Wildman–Crippen LogP) is 3.42. The molecule has 0 saturated heterocycles. The molecule has 0 spiro atoms. The fourth-order valence-electron chi connectivity index (χ4n) is 2.81. The first-order chi connectivity index (χ1) is 12.8. The first kappa shape index (κ1) is 18.7. The Morgan fingerprint density at radius 3 is 2.63 bits per heavy atom. The zero-order chi connectivity index (χ0) is 19.6. The predicted molar refractivity (Wildman–Crippen MR) is 91.9 cm³/mol. The molecule has 0 aliphatic rings. The lowest BCUT2D eigenvalue weighted by Crippen LogP contribution is -2.19. The van der Waals surface area contributed by atoms with Gasteiger partial charge in [-0.15, -0.1) is 0 Å². The number of benzene rings is 2. The number of H-pyrrole nitrogens is 1. The zero-order valence-corrected chi connectivity index (χ0v) is 14.7. The van der Waals surface area contributed by atoms with Gasteiger partial charge in [0.05, 0.1) is 11.3 Å². The SMILES string of the molecule is CCc1cccc(-n2nn[nH]c2=O)c1COc1ccc(C)cc1C(F)(F)F. The topological polar surface area (TPSA) is 72.8 Å². The van der Waals surface area contributed by atoms with Gasteiger partial charge in [-0.25, -0.2) is 9.89 Å². The molecule has 0 atom stereocenters. The van der Waals surface area contributed by atoms with E-state index >= 15 is 0 Å². The Morgan fingerprint density at radius 1 is 1.22 bits per heavy atom. The molecule has 0 aliphatic carbocycles. The quantitative estimate of drug-likeness (QED) is 0.738. The first-order valence-electron chi connectivity index (χ1n) is 8.23. The van der Waals surface area contributed by atoms with E-state index in [0.717, 1.165) is 16.3 Å².